The topological polar surface area (TPSA) is 92.2 Å². The molecule has 2 aliphatic heterocycles. The zero-order valence-corrected chi connectivity index (χ0v) is 25.4. The highest BCUT2D eigenvalue weighted by Gasteiger charge is 2.46. The molecule has 1 aliphatic carbocycles. The lowest BCUT2D eigenvalue weighted by molar-refractivity contribution is -0.144. The predicted octanol–water partition coefficient (Wildman–Crippen LogP) is 5.80. The van der Waals surface area contributed by atoms with Crippen LogP contribution in [0.2, 0.25) is 0 Å². The van der Waals surface area contributed by atoms with Gasteiger partial charge in [-0.3, -0.25) is 9.59 Å². The van der Waals surface area contributed by atoms with Crippen molar-refractivity contribution >= 4 is 28.3 Å². The lowest BCUT2D eigenvalue weighted by Gasteiger charge is -2.35. The fraction of sp³-hybridized carbons (Fsp3) is 0.485. The highest BCUT2D eigenvalue weighted by atomic mass is 32.1. The van der Waals surface area contributed by atoms with Gasteiger partial charge < -0.3 is 24.4 Å². The third kappa shape index (κ3) is 5.90. The summed E-state index contributed by atoms with van der Waals surface area (Å²) in [4.78, 5) is 33.8. The second-order valence-corrected chi connectivity index (χ2v) is 13.0. The van der Waals surface area contributed by atoms with E-state index in [2.05, 4.69) is 23.3 Å². The van der Waals surface area contributed by atoms with Crippen LogP contribution >= 0.6 is 11.3 Å². The molecule has 3 fully saturated rings. The van der Waals surface area contributed by atoms with Crippen LogP contribution in [0.15, 0.2) is 41.8 Å². The zero-order chi connectivity index (χ0) is 29.4. The first-order valence-corrected chi connectivity index (χ1v) is 15.8. The van der Waals surface area contributed by atoms with E-state index >= 15 is 0 Å². The first-order chi connectivity index (χ1) is 20.3. The van der Waals surface area contributed by atoms with E-state index in [0.29, 0.717) is 18.7 Å². The van der Waals surface area contributed by atoms with Crippen molar-refractivity contribution in [3.63, 3.8) is 0 Å². The number of hydrogen-bond donors (Lipinski definition) is 1. The minimum atomic E-state index is -0.651. The average molecular weight is 590 g/mol. The number of amides is 1. The first kappa shape index (κ1) is 28.7. The zero-order valence-electron chi connectivity index (χ0n) is 24.5. The number of carboxylic acid groups (broad SMARTS) is 1. The van der Waals surface area contributed by atoms with Gasteiger partial charge in [-0.25, -0.2) is 4.98 Å². The Hall–Kier alpha value is -3.43. The van der Waals surface area contributed by atoms with E-state index in [1.807, 2.05) is 44.3 Å². The van der Waals surface area contributed by atoms with Gasteiger partial charge in [0.25, 0.3) is 5.91 Å². The Morgan fingerprint density at radius 1 is 1.12 bits per heavy atom. The van der Waals surface area contributed by atoms with E-state index in [4.69, 9.17) is 14.5 Å². The molecule has 3 heterocycles. The summed E-state index contributed by atoms with van der Waals surface area (Å²) in [6, 6.07) is 11.9. The van der Waals surface area contributed by atoms with Crippen LogP contribution in [0, 0.1) is 31.6 Å². The minimum Gasteiger partial charge on any atom is -0.488 e. The Balaban J connectivity index is 1.13. The Morgan fingerprint density at radius 2 is 1.90 bits per heavy atom. The maximum absolute atomic E-state index is 13.0. The Morgan fingerprint density at radius 3 is 2.60 bits per heavy atom. The van der Waals surface area contributed by atoms with Crippen molar-refractivity contribution in [2.45, 2.75) is 52.2 Å². The van der Waals surface area contributed by atoms with Crippen LogP contribution < -0.4 is 9.64 Å². The third-order valence-electron chi connectivity index (χ3n) is 9.11. The summed E-state index contributed by atoms with van der Waals surface area (Å²) in [5, 5.41) is 12.7. The number of thiazole rings is 1. The SMILES string of the molecule is Cc1ccc(OCc2ccc(C(=O)N(C)CC3CCCO3)cc2C)c(-c2csc(N3CC4CC[C@H](C3)C4C(=O)O)n2)c1. The fourth-order valence-electron chi connectivity index (χ4n) is 6.83. The molecule has 3 unspecified atom stereocenters. The first-order valence-electron chi connectivity index (χ1n) is 14.9. The van der Waals surface area contributed by atoms with E-state index in [1.165, 1.54) is 0 Å². The molecule has 0 radical (unpaired) electrons. The number of hydrogen-bond acceptors (Lipinski definition) is 7. The number of rotatable bonds is 9. The van der Waals surface area contributed by atoms with Gasteiger partial charge in [0, 0.05) is 49.8 Å². The van der Waals surface area contributed by atoms with Crippen LogP contribution in [-0.4, -0.2) is 66.3 Å². The van der Waals surface area contributed by atoms with Crippen molar-refractivity contribution in [2.75, 3.05) is 38.2 Å². The summed E-state index contributed by atoms with van der Waals surface area (Å²) in [5.41, 5.74) is 5.64. The summed E-state index contributed by atoms with van der Waals surface area (Å²) in [5.74, 6) is 0.276. The number of aromatic nitrogens is 1. The molecule has 0 spiro atoms. The lowest BCUT2D eigenvalue weighted by atomic mass is 9.85. The summed E-state index contributed by atoms with van der Waals surface area (Å²) < 4.78 is 12.1. The standard InChI is InChI=1S/C33H39N3O5S/c1-20-6-11-29(41-18-25-10-7-22(14-21(25)2)31(37)35(3)17-26-5-4-12-40-26)27(13-20)28-19-42-33(34-28)36-15-23-8-9-24(16-36)30(23)32(38)39/h6-7,10-11,13-14,19,23-24,26,30H,4-5,8-9,12,15-18H2,1-3H3,(H,38,39)/t23-,24?,26?,30?/m1/s1. The van der Waals surface area contributed by atoms with E-state index < -0.39 is 5.97 Å². The smallest absolute Gasteiger partial charge is 0.307 e. The number of anilines is 1. The van der Waals surface area contributed by atoms with Crippen molar-refractivity contribution < 1.29 is 24.2 Å². The van der Waals surface area contributed by atoms with Crippen molar-refractivity contribution in [1.29, 1.82) is 0 Å². The molecule has 9 heteroatoms. The largest absolute Gasteiger partial charge is 0.488 e. The molecule has 1 amide bonds. The molecule has 2 aromatic carbocycles. The second-order valence-electron chi connectivity index (χ2n) is 12.1. The molecule has 3 aromatic rings. The number of nitrogens with zero attached hydrogens (tertiary/aromatic N) is 3. The van der Waals surface area contributed by atoms with Crippen LogP contribution in [0.4, 0.5) is 5.13 Å². The van der Waals surface area contributed by atoms with Gasteiger partial charge in [-0.1, -0.05) is 17.7 Å². The number of carbonyl (C=O) groups excluding carboxylic acids is 1. The molecule has 2 bridgehead atoms. The van der Waals surface area contributed by atoms with Gasteiger partial charge in [-0.05, 0) is 86.8 Å². The van der Waals surface area contributed by atoms with Gasteiger partial charge in [-0.2, -0.15) is 0 Å². The molecule has 6 rings (SSSR count). The van der Waals surface area contributed by atoms with Crippen molar-refractivity contribution in [3.8, 4) is 17.0 Å². The van der Waals surface area contributed by atoms with Crippen LogP contribution in [0.25, 0.3) is 11.3 Å². The molecule has 2 saturated heterocycles. The molecular weight excluding hydrogens is 550 g/mol. The average Bonchev–Trinajstić information content (AvgIpc) is 3.72. The molecule has 3 aliphatic rings. The monoisotopic (exact) mass is 589 g/mol. The van der Waals surface area contributed by atoms with Gasteiger partial charge in [-0.15, -0.1) is 11.3 Å². The summed E-state index contributed by atoms with van der Waals surface area (Å²) in [6.45, 7) is 7.34. The van der Waals surface area contributed by atoms with Gasteiger partial charge >= 0.3 is 5.97 Å². The highest BCUT2D eigenvalue weighted by Crippen LogP contribution is 2.44. The number of piperidine rings is 1. The van der Waals surface area contributed by atoms with E-state index in [-0.39, 0.29) is 29.8 Å². The van der Waals surface area contributed by atoms with Gasteiger partial charge in [0.15, 0.2) is 5.13 Å². The van der Waals surface area contributed by atoms with Crippen molar-refractivity contribution in [2.24, 2.45) is 17.8 Å². The highest BCUT2D eigenvalue weighted by molar-refractivity contribution is 7.14. The molecule has 1 aromatic heterocycles. The second kappa shape index (κ2) is 12.1. The quantitative estimate of drug-likeness (QED) is 0.337. The van der Waals surface area contributed by atoms with Crippen LogP contribution in [-0.2, 0) is 16.1 Å². The fourth-order valence-corrected chi connectivity index (χ4v) is 7.67. The van der Waals surface area contributed by atoms with E-state index in [0.717, 1.165) is 84.2 Å². The molecular formula is C33H39N3O5S. The van der Waals surface area contributed by atoms with Crippen LogP contribution in [0.5, 0.6) is 5.75 Å². The molecule has 1 N–H and O–H groups in total. The number of fused-ring (bicyclic) bond motifs is 2. The summed E-state index contributed by atoms with van der Waals surface area (Å²) in [7, 11) is 1.83. The van der Waals surface area contributed by atoms with Gasteiger partial charge in [0.1, 0.15) is 12.4 Å². The van der Waals surface area contributed by atoms with Crippen LogP contribution in [0.1, 0.15) is 52.7 Å². The maximum atomic E-state index is 13.0. The molecule has 8 nitrogen and oxygen atoms in total. The Kier molecular flexibility index (Phi) is 8.23. The number of likely N-dealkylation sites (N-methyl/N-ethyl adjacent to an activating group) is 1. The summed E-state index contributed by atoms with van der Waals surface area (Å²) in [6.07, 6.45) is 4.15. The van der Waals surface area contributed by atoms with Gasteiger partial charge in [0.2, 0.25) is 0 Å². The normalized spacial score (nSPS) is 23.3. The maximum Gasteiger partial charge on any atom is 0.307 e. The number of aliphatic carboxylic acids is 1. The predicted molar refractivity (Wildman–Crippen MR) is 163 cm³/mol. The molecule has 1 saturated carbocycles. The minimum absolute atomic E-state index is 0.00131. The van der Waals surface area contributed by atoms with Crippen molar-refractivity contribution in [3.05, 3.63) is 64.0 Å². The van der Waals surface area contributed by atoms with Gasteiger partial charge in [0.05, 0.1) is 17.7 Å². The Labute approximate surface area is 251 Å². The molecule has 222 valence electrons. The third-order valence-corrected chi connectivity index (χ3v) is 10.0. The molecule has 42 heavy (non-hydrogen) atoms. The van der Waals surface area contributed by atoms with Crippen LogP contribution in [0.3, 0.4) is 0 Å². The Bertz CT molecular complexity index is 1450. The number of aryl methyl sites for hydroxylation is 2. The lowest BCUT2D eigenvalue weighted by Crippen LogP contribution is -2.44. The molecule has 4 atom stereocenters. The number of carbonyl (C=O) groups is 2. The number of ether oxygens (including phenoxy) is 2. The van der Waals surface area contributed by atoms with E-state index in [1.54, 1.807) is 16.2 Å². The van der Waals surface area contributed by atoms with E-state index in [9.17, 15) is 14.7 Å². The summed E-state index contributed by atoms with van der Waals surface area (Å²) >= 11 is 1.61. The van der Waals surface area contributed by atoms with Crippen molar-refractivity contribution in [1.82, 2.24) is 9.88 Å². The number of carboxylic acids is 1. The number of benzene rings is 2.